The van der Waals surface area contributed by atoms with Crippen LogP contribution in [0.15, 0.2) is 30.3 Å². The third-order valence-corrected chi connectivity index (χ3v) is 9.89. The molecule has 0 radical (unpaired) electrons. The number of thiophene rings is 1. The van der Waals surface area contributed by atoms with Gasteiger partial charge in [-0.25, -0.2) is 4.79 Å². The third-order valence-electron chi connectivity index (χ3n) is 8.50. The second-order valence-electron chi connectivity index (χ2n) is 11.4. The van der Waals surface area contributed by atoms with Gasteiger partial charge in [0.05, 0.1) is 4.88 Å². The number of hydrogen-bond acceptors (Lipinski definition) is 6. The van der Waals surface area contributed by atoms with E-state index in [1.54, 1.807) is 28.1 Å². The predicted octanol–water partition coefficient (Wildman–Crippen LogP) is 5.07. The summed E-state index contributed by atoms with van der Waals surface area (Å²) in [4.78, 5) is 47.9. The molecule has 3 aliphatic rings. The van der Waals surface area contributed by atoms with Gasteiger partial charge in [-0.3, -0.25) is 14.5 Å². The maximum Gasteiger partial charge on any atom is 0.414 e. The Balaban J connectivity index is 1.14. The summed E-state index contributed by atoms with van der Waals surface area (Å²) < 4.78 is 5.92. The van der Waals surface area contributed by atoms with Crippen LogP contribution in [0.3, 0.4) is 0 Å². The second kappa shape index (κ2) is 12.5. The molecule has 5 rings (SSSR count). The first-order chi connectivity index (χ1) is 19.2. The molecule has 2 atom stereocenters. The van der Waals surface area contributed by atoms with Crippen LogP contribution in [0.1, 0.15) is 46.3 Å². The maximum atomic E-state index is 13.4. The van der Waals surface area contributed by atoms with Crippen molar-refractivity contribution in [3.05, 3.63) is 50.7 Å². The highest BCUT2D eigenvalue weighted by Gasteiger charge is 2.41. The van der Waals surface area contributed by atoms with Crippen molar-refractivity contribution in [2.75, 3.05) is 57.3 Å². The lowest BCUT2D eigenvalue weighted by molar-refractivity contribution is -0.130. The Hall–Kier alpha value is -2.62. The summed E-state index contributed by atoms with van der Waals surface area (Å²) in [6.45, 7) is 11.8. The summed E-state index contributed by atoms with van der Waals surface area (Å²) in [6.07, 6.45) is 1.54. The zero-order chi connectivity index (χ0) is 28.4. The molecule has 2 aromatic rings. The van der Waals surface area contributed by atoms with Gasteiger partial charge in [0.2, 0.25) is 5.91 Å². The van der Waals surface area contributed by atoms with Crippen molar-refractivity contribution in [2.24, 2.45) is 11.8 Å². The fourth-order valence-corrected chi connectivity index (χ4v) is 7.18. The number of halogens is 1. The molecule has 3 fully saturated rings. The van der Waals surface area contributed by atoms with E-state index in [0.717, 1.165) is 60.1 Å². The summed E-state index contributed by atoms with van der Waals surface area (Å²) in [5.41, 5.74) is 1.69. The number of ether oxygens (including phenoxy) is 1. The topological polar surface area (TPSA) is 73.4 Å². The summed E-state index contributed by atoms with van der Waals surface area (Å²) in [5, 5.41) is 0.620. The number of anilines is 1. The van der Waals surface area contributed by atoms with Gasteiger partial charge in [0.1, 0.15) is 6.10 Å². The lowest BCUT2D eigenvalue weighted by atomic mass is 10.0. The van der Waals surface area contributed by atoms with Crippen LogP contribution in [-0.4, -0.2) is 91.1 Å². The van der Waals surface area contributed by atoms with E-state index in [4.69, 9.17) is 16.3 Å². The molecule has 40 heavy (non-hydrogen) atoms. The van der Waals surface area contributed by atoms with Gasteiger partial charge >= 0.3 is 6.09 Å². The largest absolute Gasteiger partial charge is 0.446 e. The van der Waals surface area contributed by atoms with Crippen molar-refractivity contribution in [1.82, 2.24) is 14.7 Å². The average molecular weight is 587 g/mol. The van der Waals surface area contributed by atoms with Crippen LogP contribution >= 0.6 is 22.9 Å². The minimum atomic E-state index is -0.363. The monoisotopic (exact) mass is 586 g/mol. The van der Waals surface area contributed by atoms with E-state index >= 15 is 0 Å². The SMILES string of the molecule is CC(=O)N1CCC(OC(=O)N(CCCN2CC3CN(C(=O)c4ccc(C)s4)CC3C2)c2ccc(C)c(Cl)c2)CC1. The van der Waals surface area contributed by atoms with Crippen LogP contribution < -0.4 is 4.90 Å². The zero-order valence-electron chi connectivity index (χ0n) is 23.6. The molecule has 10 heteroatoms. The lowest BCUT2D eigenvalue weighted by Gasteiger charge is -2.32. The van der Waals surface area contributed by atoms with Crippen molar-refractivity contribution >= 4 is 46.5 Å². The van der Waals surface area contributed by atoms with Gasteiger partial charge in [-0.2, -0.15) is 0 Å². The Bertz CT molecular complexity index is 1230. The molecule has 1 aromatic heterocycles. The summed E-state index contributed by atoms with van der Waals surface area (Å²) in [5.74, 6) is 1.23. The molecule has 0 spiro atoms. The summed E-state index contributed by atoms with van der Waals surface area (Å²) in [7, 11) is 0. The van der Waals surface area contributed by atoms with E-state index < -0.39 is 0 Å². The highest BCUT2D eigenvalue weighted by Crippen LogP contribution is 2.33. The molecule has 1 aromatic carbocycles. The first-order valence-corrected chi connectivity index (χ1v) is 15.4. The normalized spacial score (nSPS) is 21.5. The molecule has 0 saturated carbocycles. The van der Waals surface area contributed by atoms with Gasteiger partial charge in [-0.05, 0) is 68.5 Å². The van der Waals surface area contributed by atoms with Crippen molar-refractivity contribution in [3.63, 3.8) is 0 Å². The Kier molecular flexibility index (Phi) is 9.02. The minimum Gasteiger partial charge on any atom is -0.446 e. The molecular formula is C30H39ClN4O4S. The minimum absolute atomic E-state index is 0.0589. The maximum absolute atomic E-state index is 13.4. The van der Waals surface area contributed by atoms with E-state index in [-0.39, 0.29) is 24.0 Å². The average Bonchev–Trinajstić information content (AvgIpc) is 3.63. The van der Waals surface area contributed by atoms with Gasteiger partial charge in [-0.1, -0.05) is 17.7 Å². The molecule has 0 aliphatic carbocycles. The number of carbonyl (C=O) groups is 3. The number of fused-ring (bicyclic) bond motifs is 1. The zero-order valence-corrected chi connectivity index (χ0v) is 25.2. The quantitative estimate of drug-likeness (QED) is 0.453. The van der Waals surface area contributed by atoms with E-state index in [1.807, 2.05) is 49.1 Å². The highest BCUT2D eigenvalue weighted by atomic mass is 35.5. The molecule has 8 nitrogen and oxygen atoms in total. The number of rotatable bonds is 7. The van der Waals surface area contributed by atoms with Crippen LogP contribution in [0.5, 0.6) is 0 Å². The van der Waals surface area contributed by atoms with E-state index in [9.17, 15) is 14.4 Å². The fourth-order valence-electron chi connectivity index (χ4n) is 6.17. The van der Waals surface area contributed by atoms with Gasteiger partial charge < -0.3 is 19.4 Å². The van der Waals surface area contributed by atoms with Gasteiger partial charge in [-0.15, -0.1) is 11.3 Å². The Morgan fingerprint density at radius 1 is 1.00 bits per heavy atom. The van der Waals surface area contributed by atoms with Crippen LogP contribution in [0.4, 0.5) is 10.5 Å². The summed E-state index contributed by atoms with van der Waals surface area (Å²) >= 11 is 7.99. The van der Waals surface area contributed by atoms with Crippen LogP contribution in [0.25, 0.3) is 0 Å². The molecule has 4 heterocycles. The molecule has 3 amide bonds. The van der Waals surface area contributed by atoms with E-state index in [1.165, 1.54) is 0 Å². The van der Waals surface area contributed by atoms with Crippen LogP contribution in [-0.2, 0) is 9.53 Å². The van der Waals surface area contributed by atoms with E-state index in [2.05, 4.69) is 4.90 Å². The lowest BCUT2D eigenvalue weighted by Crippen LogP contribution is -2.43. The fraction of sp³-hybridized carbons (Fsp3) is 0.567. The number of hydrogen-bond donors (Lipinski definition) is 0. The Morgan fingerprint density at radius 2 is 1.70 bits per heavy atom. The van der Waals surface area contributed by atoms with Gasteiger partial charge in [0.15, 0.2) is 0 Å². The first kappa shape index (κ1) is 28.9. The molecule has 3 aliphatic heterocycles. The molecule has 3 saturated heterocycles. The molecule has 0 bridgehead atoms. The predicted molar refractivity (Wildman–Crippen MR) is 158 cm³/mol. The summed E-state index contributed by atoms with van der Waals surface area (Å²) in [6, 6.07) is 9.63. The first-order valence-electron chi connectivity index (χ1n) is 14.3. The number of likely N-dealkylation sites (tertiary alicyclic amines) is 3. The van der Waals surface area contributed by atoms with Crippen molar-refractivity contribution in [3.8, 4) is 0 Å². The van der Waals surface area contributed by atoms with E-state index in [0.29, 0.717) is 49.3 Å². The molecule has 2 unspecified atom stereocenters. The van der Waals surface area contributed by atoms with Crippen molar-refractivity contribution in [1.29, 1.82) is 0 Å². The molecule has 0 N–H and O–H groups in total. The van der Waals surface area contributed by atoms with Crippen molar-refractivity contribution in [2.45, 2.75) is 46.1 Å². The van der Waals surface area contributed by atoms with Crippen LogP contribution in [0, 0.1) is 25.7 Å². The Morgan fingerprint density at radius 3 is 2.30 bits per heavy atom. The molecular weight excluding hydrogens is 548 g/mol. The number of benzene rings is 1. The van der Waals surface area contributed by atoms with Gasteiger partial charge in [0, 0.05) is 81.2 Å². The number of amides is 3. The number of carbonyl (C=O) groups excluding carboxylic acids is 3. The number of aryl methyl sites for hydroxylation is 2. The van der Waals surface area contributed by atoms with Gasteiger partial charge in [0.25, 0.3) is 5.91 Å². The second-order valence-corrected chi connectivity index (χ2v) is 13.1. The van der Waals surface area contributed by atoms with Crippen LogP contribution in [0.2, 0.25) is 5.02 Å². The van der Waals surface area contributed by atoms with Crippen molar-refractivity contribution < 1.29 is 19.1 Å². The standard InChI is InChI=1S/C30H39ClN4O4S/c1-20-5-7-25(15-27(20)31)35(30(38)39-26-9-13-33(14-10-26)22(3)36)12-4-11-32-16-23-18-34(19-24(23)17-32)29(37)28-8-6-21(2)40-28/h5-8,15,23-24,26H,4,9-14,16-19H2,1-3H3. The smallest absolute Gasteiger partial charge is 0.414 e. The number of piperidine rings is 1. The highest BCUT2D eigenvalue weighted by molar-refractivity contribution is 7.13. The third kappa shape index (κ3) is 6.64. The Labute approximate surface area is 245 Å². The molecule has 216 valence electrons. The number of nitrogens with zero attached hydrogens (tertiary/aromatic N) is 4.